The Bertz CT molecular complexity index is 564. The van der Waals surface area contributed by atoms with Gasteiger partial charge in [-0.3, -0.25) is 0 Å². The van der Waals surface area contributed by atoms with Gasteiger partial charge in [-0.05, 0) is 12.1 Å². The number of benzene rings is 1. The van der Waals surface area contributed by atoms with Gasteiger partial charge in [-0.2, -0.15) is 18.3 Å². The van der Waals surface area contributed by atoms with E-state index in [1.807, 2.05) is 0 Å². The maximum Gasteiger partial charge on any atom is 0.435 e. The van der Waals surface area contributed by atoms with Gasteiger partial charge in [-0.25, -0.2) is 4.68 Å². The molecule has 0 aliphatic carbocycles. The molecule has 0 saturated carbocycles. The summed E-state index contributed by atoms with van der Waals surface area (Å²) in [5.74, 6) is 0.245. The van der Waals surface area contributed by atoms with Crippen LogP contribution in [0.2, 0.25) is 0 Å². The van der Waals surface area contributed by atoms with E-state index < -0.39 is 18.5 Å². The molecule has 1 heterocycles. The van der Waals surface area contributed by atoms with Crippen molar-refractivity contribution in [2.45, 2.75) is 12.8 Å². The second-order valence-corrected chi connectivity index (χ2v) is 3.83. The molecule has 2 rings (SSSR count). The van der Waals surface area contributed by atoms with Crippen molar-refractivity contribution in [1.82, 2.24) is 9.78 Å². The van der Waals surface area contributed by atoms with Gasteiger partial charge in [-0.15, -0.1) is 0 Å². The summed E-state index contributed by atoms with van der Waals surface area (Å²) in [5.41, 5.74) is -1.51. The molecule has 0 radical (unpaired) electrons. The number of aryl methyl sites for hydroxylation is 1. The maximum absolute atomic E-state index is 12.7. The Kier molecular flexibility index (Phi) is 3.48. The van der Waals surface area contributed by atoms with E-state index in [1.165, 1.54) is 7.05 Å². The molecule has 0 aliphatic rings. The molecule has 0 amide bonds. The Morgan fingerprint density at radius 1 is 1.26 bits per heavy atom. The highest BCUT2D eigenvalue weighted by Gasteiger charge is 2.39. The van der Waals surface area contributed by atoms with Gasteiger partial charge in [0, 0.05) is 7.05 Å². The predicted octanol–water partition coefficient (Wildman–Crippen LogP) is 2.72. The van der Waals surface area contributed by atoms with E-state index in [2.05, 4.69) is 5.10 Å². The number of hydrogen-bond donors (Lipinski definition) is 1. The molecule has 102 valence electrons. The second kappa shape index (κ2) is 4.93. The monoisotopic (exact) mass is 272 g/mol. The molecule has 2 aromatic rings. The molecule has 0 unspecified atom stereocenters. The second-order valence-electron chi connectivity index (χ2n) is 3.83. The number of alkyl halides is 3. The van der Waals surface area contributed by atoms with Crippen LogP contribution < -0.4 is 4.74 Å². The number of nitrogens with zero attached hydrogens (tertiary/aromatic N) is 2. The smallest absolute Gasteiger partial charge is 0.435 e. The minimum atomic E-state index is -4.63. The van der Waals surface area contributed by atoms with E-state index in [0.29, 0.717) is 5.75 Å². The standard InChI is InChI=1S/C12H11F3N2O2/c1-17-11(19-8-5-3-2-4-6-8)9(7-18)10(16-17)12(13,14)15/h2-6,18H,7H2,1H3. The number of para-hydroxylation sites is 1. The Labute approximate surface area is 107 Å². The largest absolute Gasteiger partial charge is 0.439 e. The van der Waals surface area contributed by atoms with Crippen LogP contribution in [0, 0.1) is 0 Å². The molecular weight excluding hydrogens is 261 g/mol. The van der Waals surface area contributed by atoms with E-state index in [0.717, 1.165) is 4.68 Å². The number of aromatic nitrogens is 2. The van der Waals surface area contributed by atoms with Crippen LogP contribution >= 0.6 is 0 Å². The van der Waals surface area contributed by atoms with Crippen molar-refractivity contribution in [2.24, 2.45) is 7.05 Å². The number of ether oxygens (including phenoxy) is 1. The first-order valence-corrected chi connectivity index (χ1v) is 5.40. The van der Waals surface area contributed by atoms with Gasteiger partial charge >= 0.3 is 6.18 Å². The highest BCUT2D eigenvalue weighted by atomic mass is 19.4. The number of aliphatic hydroxyl groups is 1. The number of hydrogen-bond acceptors (Lipinski definition) is 3. The van der Waals surface area contributed by atoms with Gasteiger partial charge in [0.2, 0.25) is 5.88 Å². The quantitative estimate of drug-likeness (QED) is 0.934. The van der Waals surface area contributed by atoms with Crippen LogP contribution in [0.5, 0.6) is 11.6 Å². The van der Waals surface area contributed by atoms with E-state index in [1.54, 1.807) is 30.3 Å². The van der Waals surface area contributed by atoms with Gasteiger partial charge in [0.1, 0.15) is 5.75 Å². The van der Waals surface area contributed by atoms with Gasteiger partial charge < -0.3 is 9.84 Å². The van der Waals surface area contributed by atoms with Crippen molar-refractivity contribution in [3.05, 3.63) is 41.6 Å². The lowest BCUT2D eigenvalue weighted by Crippen LogP contribution is -2.09. The van der Waals surface area contributed by atoms with Crippen LogP contribution in [0.15, 0.2) is 30.3 Å². The van der Waals surface area contributed by atoms with E-state index in [-0.39, 0.29) is 11.4 Å². The van der Waals surface area contributed by atoms with Crippen molar-refractivity contribution in [3.63, 3.8) is 0 Å². The molecule has 0 aliphatic heterocycles. The Morgan fingerprint density at radius 3 is 2.42 bits per heavy atom. The third kappa shape index (κ3) is 2.70. The van der Waals surface area contributed by atoms with Crippen molar-refractivity contribution in [1.29, 1.82) is 0 Å². The third-order valence-corrected chi connectivity index (χ3v) is 2.47. The molecule has 0 fully saturated rings. The van der Waals surface area contributed by atoms with Crippen molar-refractivity contribution in [3.8, 4) is 11.6 Å². The third-order valence-electron chi connectivity index (χ3n) is 2.47. The minimum Gasteiger partial charge on any atom is -0.439 e. The predicted molar refractivity (Wildman–Crippen MR) is 60.6 cm³/mol. The number of halogens is 3. The fraction of sp³-hybridized carbons (Fsp3) is 0.250. The number of aliphatic hydroxyl groups excluding tert-OH is 1. The topological polar surface area (TPSA) is 47.3 Å². The summed E-state index contributed by atoms with van der Waals surface area (Å²) in [5, 5.41) is 12.5. The molecule has 0 saturated heterocycles. The zero-order chi connectivity index (χ0) is 14.0. The maximum atomic E-state index is 12.7. The molecule has 0 atom stereocenters. The van der Waals surface area contributed by atoms with Gasteiger partial charge in [0.25, 0.3) is 0 Å². The zero-order valence-corrected chi connectivity index (χ0v) is 9.98. The summed E-state index contributed by atoms with van der Waals surface area (Å²) >= 11 is 0. The van der Waals surface area contributed by atoms with E-state index >= 15 is 0 Å². The fourth-order valence-corrected chi connectivity index (χ4v) is 1.65. The molecule has 0 spiro atoms. The normalized spacial score (nSPS) is 11.6. The first-order valence-electron chi connectivity index (χ1n) is 5.40. The molecule has 1 aromatic heterocycles. The van der Waals surface area contributed by atoms with Crippen LogP contribution in [0.1, 0.15) is 11.3 Å². The van der Waals surface area contributed by atoms with Crippen molar-refractivity contribution in [2.75, 3.05) is 0 Å². The van der Waals surface area contributed by atoms with Crippen LogP contribution in [-0.2, 0) is 19.8 Å². The minimum absolute atomic E-state index is 0.124. The SMILES string of the molecule is Cn1nc(C(F)(F)F)c(CO)c1Oc1ccccc1. The highest BCUT2D eigenvalue weighted by Crippen LogP contribution is 2.36. The molecule has 7 heteroatoms. The van der Waals surface area contributed by atoms with Crippen molar-refractivity contribution < 1.29 is 23.0 Å². The van der Waals surface area contributed by atoms with Gasteiger partial charge in [0.05, 0.1) is 12.2 Å². The van der Waals surface area contributed by atoms with Crippen LogP contribution in [0.3, 0.4) is 0 Å². The Morgan fingerprint density at radius 2 is 1.89 bits per heavy atom. The average molecular weight is 272 g/mol. The summed E-state index contributed by atoms with van der Waals surface area (Å²) < 4.78 is 44.5. The number of rotatable bonds is 3. The highest BCUT2D eigenvalue weighted by molar-refractivity contribution is 5.36. The summed E-state index contributed by atoms with van der Waals surface area (Å²) in [4.78, 5) is 0. The van der Waals surface area contributed by atoms with Crippen LogP contribution in [0.25, 0.3) is 0 Å². The van der Waals surface area contributed by atoms with Crippen LogP contribution in [0.4, 0.5) is 13.2 Å². The molecule has 0 bridgehead atoms. The molecule has 1 N–H and O–H groups in total. The summed E-state index contributed by atoms with van der Waals surface area (Å²) in [7, 11) is 1.33. The lowest BCUT2D eigenvalue weighted by molar-refractivity contribution is -0.142. The van der Waals surface area contributed by atoms with Crippen molar-refractivity contribution >= 4 is 0 Å². The molecular formula is C12H11F3N2O2. The summed E-state index contributed by atoms with van der Waals surface area (Å²) in [6.07, 6.45) is -4.63. The van der Waals surface area contributed by atoms with E-state index in [9.17, 15) is 13.2 Å². The molecule has 19 heavy (non-hydrogen) atoms. The van der Waals surface area contributed by atoms with Crippen LogP contribution in [-0.4, -0.2) is 14.9 Å². The average Bonchev–Trinajstić information content (AvgIpc) is 2.68. The Balaban J connectivity index is 2.43. The first kappa shape index (κ1) is 13.4. The lowest BCUT2D eigenvalue weighted by Gasteiger charge is -2.08. The molecule has 1 aromatic carbocycles. The summed E-state index contributed by atoms with van der Waals surface area (Å²) in [6.45, 7) is -0.801. The lowest BCUT2D eigenvalue weighted by atomic mass is 10.2. The summed E-state index contributed by atoms with van der Waals surface area (Å²) in [6, 6.07) is 8.33. The zero-order valence-electron chi connectivity index (χ0n) is 9.98. The van der Waals surface area contributed by atoms with Gasteiger partial charge in [0.15, 0.2) is 5.69 Å². The Hall–Kier alpha value is -2.02. The first-order chi connectivity index (χ1) is 8.93. The van der Waals surface area contributed by atoms with Gasteiger partial charge in [-0.1, -0.05) is 18.2 Å². The van der Waals surface area contributed by atoms with E-state index in [4.69, 9.17) is 9.84 Å². The molecule has 4 nitrogen and oxygen atoms in total. The fourth-order valence-electron chi connectivity index (χ4n) is 1.65.